The smallest absolute Gasteiger partial charge is 0.319 e. The van der Waals surface area contributed by atoms with Crippen LogP contribution >= 0.6 is 0 Å². The summed E-state index contributed by atoms with van der Waals surface area (Å²) in [6.07, 6.45) is 8.40. The van der Waals surface area contributed by atoms with Crippen molar-refractivity contribution in [2.45, 2.75) is 79.1 Å². The van der Waals surface area contributed by atoms with Crippen molar-refractivity contribution < 1.29 is 14.3 Å². The first-order valence-corrected chi connectivity index (χ1v) is 10.5. The van der Waals surface area contributed by atoms with Crippen molar-refractivity contribution in [3.63, 3.8) is 0 Å². The molecule has 0 aromatic rings. The van der Waals surface area contributed by atoms with E-state index in [1.807, 2.05) is 13.8 Å². The second kappa shape index (κ2) is 5.45. The number of Topliss-reactive ketones (excluding diaryl/α,β-unsaturated/α-hetero) is 1. The van der Waals surface area contributed by atoms with E-state index in [0.717, 1.165) is 25.7 Å². The predicted molar refractivity (Wildman–Crippen MR) is 101 cm³/mol. The molecule has 2 bridgehead atoms. The molecule has 4 aliphatic rings. The number of carbonyl (C=O) groups is 2. The molecule has 6 atom stereocenters. The summed E-state index contributed by atoms with van der Waals surface area (Å²) in [6, 6.07) is 0. The van der Waals surface area contributed by atoms with Crippen LogP contribution in [0.2, 0.25) is 0 Å². The van der Waals surface area contributed by atoms with Gasteiger partial charge in [-0.05, 0) is 86.9 Å². The number of ether oxygens (including phenoxy) is 1. The van der Waals surface area contributed by atoms with Crippen LogP contribution in [0.15, 0.2) is 12.2 Å². The van der Waals surface area contributed by atoms with Crippen molar-refractivity contribution in [1.29, 1.82) is 0 Å². The number of allylic oxidation sites excluding steroid dienone is 1. The number of carbonyl (C=O) groups excluding carboxylic acids is 2. The van der Waals surface area contributed by atoms with E-state index in [2.05, 4.69) is 20.4 Å². The zero-order chi connectivity index (χ0) is 19.0. The van der Waals surface area contributed by atoms with Gasteiger partial charge in [-0.2, -0.15) is 0 Å². The minimum absolute atomic E-state index is 0.0552. The Bertz CT molecular complexity index is 681. The van der Waals surface area contributed by atoms with E-state index < -0.39 is 5.41 Å². The summed E-state index contributed by atoms with van der Waals surface area (Å²) < 4.78 is 5.40. The molecule has 0 radical (unpaired) electrons. The molecule has 4 rings (SSSR count). The van der Waals surface area contributed by atoms with E-state index in [0.29, 0.717) is 29.8 Å². The zero-order valence-corrected chi connectivity index (χ0v) is 17.0. The highest BCUT2D eigenvalue weighted by Crippen LogP contribution is 2.74. The zero-order valence-electron chi connectivity index (χ0n) is 17.0. The lowest BCUT2D eigenvalue weighted by Crippen LogP contribution is -2.61. The van der Waals surface area contributed by atoms with Crippen molar-refractivity contribution >= 4 is 11.8 Å². The fourth-order valence-corrected chi connectivity index (χ4v) is 7.94. The maximum Gasteiger partial charge on any atom is 0.319 e. The van der Waals surface area contributed by atoms with Gasteiger partial charge in [0.15, 0.2) is 0 Å². The van der Waals surface area contributed by atoms with E-state index in [4.69, 9.17) is 4.74 Å². The summed E-state index contributed by atoms with van der Waals surface area (Å²) >= 11 is 0. The number of hydrogen-bond acceptors (Lipinski definition) is 3. The normalized spacial score (nSPS) is 50.2. The van der Waals surface area contributed by atoms with Gasteiger partial charge in [-0.25, -0.2) is 0 Å². The second-order valence-electron chi connectivity index (χ2n) is 10.4. The van der Waals surface area contributed by atoms with Crippen molar-refractivity contribution in [3.8, 4) is 0 Å². The monoisotopic (exact) mass is 358 g/mol. The van der Waals surface area contributed by atoms with E-state index in [1.54, 1.807) is 0 Å². The van der Waals surface area contributed by atoms with Gasteiger partial charge in [-0.15, -0.1) is 0 Å². The molecule has 3 heteroatoms. The van der Waals surface area contributed by atoms with Crippen LogP contribution in [-0.4, -0.2) is 18.4 Å². The van der Waals surface area contributed by atoms with Crippen molar-refractivity contribution in [1.82, 2.24) is 0 Å². The highest BCUT2D eigenvalue weighted by molar-refractivity contribution is 6.04. The lowest BCUT2D eigenvalue weighted by molar-refractivity contribution is -0.189. The second-order valence-corrected chi connectivity index (χ2v) is 10.4. The summed E-state index contributed by atoms with van der Waals surface area (Å²) in [5.74, 6) is 0.534. The van der Waals surface area contributed by atoms with Crippen molar-refractivity contribution in [3.05, 3.63) is 12.2 Å². The first kappa shape index (κ1) is 18.3. The summed E-state index contributed by atoms with van der Waals surface area (Å²) in [7, 11) is 0. The lowest BCUT2D eigenvalue weighted by atomic mass is 9.40. The summed E-state index contributed by atoms with van der Waals surface area (Å²) in [6.45, 7) is 13.3. The third-order valence-electron chi connectivity index (χ3n) is 9.27. The standard InChI is InChI=1S/C23H34O3/c1-6-26-19(25)22(5)16-8-12-23-13-15(2)20(3,14-23)10-7-17(23)21(16,4)11-9-18(22)24/h16-17H,2,6-14H2,1,3-5H3/t16-,17-,20-,21?,22?,23?/m0/s1. The Balaban J connectivity index is 1.74. The number of rotatable bonds is 2. The van der Waals surface area contributed by atoms with Crippen LogP contribution < -0.4 is 0 Å². The maximum atomic E-state index is 12.9. The minimum atomic E-state index is -0.957. The molecular formula is C23H34O3. The molecule has 4 fully saturated rings. The van der Waals surface area contributed by atoms with Crippen LogP contribution in [0.4, 0.5) is 0 Å². The van der Waals surface area contributed by atoms with Gasteiger partial charge in [0.25, 0.3) is 0 Å². The number of fused-ring (bicyclic) bond motifs is 3. The molecule has 26 heavy (non-hydrogen) atoms. The molecule has 3 nitrogen and oxygen atoms in total. The summed E-state index contributed by atoms with van der Waals surface area (Å²) in [5, 5.41) is 0. The third kappa shape index (κ3) is 2.06. The average molecular weight is 359 g/mol. The third-order valence-corrected chi connectivity index (χ3v) is 9.27. The molecule has 4 aliphatic carbocycles. The highest BCUT2D eigenvalue weighted by Gasteiger charge is 2.68. The average Bonchev–Trinajstić information content (AvgIpc) is 2.76. The van der Waals surface area contributed by atoms with Crippen LogP contribution in [-0.2, 0) is 14.3 Å². The van der Waals surface area contributed by atoms with E-state index in [9.17, 15) is 9.59 Å². The molecule has 0 heterocycles. The SMILES string of the molecule is C=C1CC23CC[C@@H]4C(C)(C(=O)OCC)C(=O)CCC4(C)[C@@H]2CC[C@@]1(C)C3. The Morgan fingerprint density at radius 3 is 2.54 bits per heavy atom. The fraction of sp³-hybridized carbons (Fsp3) is 0.826. The Morgan fingerprint density at radius 2 is 1.85 bits per heavy atom. The molecule has 0 aromatic heterocycles. The molecule has 3 unspecified atom stereocenters. The van der Waals surface area contributed by atoms with Gasteiger partial charge in [0.1, 0.15) is 11.2 Å². The van der Waals surface area contributed by atoms with E-state index in [-0.39, 0.29) is 23.1 Å². The van der Waals surface area contributed by atoms with Gasteiger partial charge in [-0.3, -0.25) is 9.59 Å². The maximum absolute atomic E-state index is 12.9. The Labute approximate surface area is 157 Å². The molecule has 4 saturated carbocycles. The lowest BCUT2D eigenvalue weighted by Gasteiger charge is -2.63. The van der Waals surface area contributed by atoms with Gasteiger partial charge >= 0.3 is 5.97 Å². The van der Waals surface area contributed by atoms with Crippen LogP contribution in [0.25, 0.3) is 0 Å². The molecule has 0 amide bonds. The van der Waals surface area contributed by atoms with Gasteiger partial charge in [-0.1, -0.05) is 26.0 Å². The fourth-order valence-electron chi connectivity index (χ4n) is 7.94. The van der Waals surface area contributed by atoms with Gasteiger partial charge < -0.3 is 4.74 Å². The van der Waals surface area contributed by atoms with Crippen molar-refractivity contribution in [2.24, 2.45) is 33.5 Å². The Hall–Kier alpha value is -1.12. The first-order valence-electron chi connectivity index (χ1n) is 10.5. The molecule has 0 aromatic carbocycles. The largest absolute Gasteiger partial charge is 0.465 e. The Kier molecular flexibility index (Phi) is 3.83. The van der Waals surface area contributed by atoms with Gasteiger partial charge in [0, 0.05) is 6.42 Å². The Morgan fingerprint density at radius 1 is 1.15 bits per heavy atom. The molecule has 0 N–H and O–H groups in total. The predicted octanol–water partition coefficient (Wildman–Crippen LogP) is 5.09. The molecule has 0 aliphatic heterocycles. The first-order chi connectivity index (χ1) is 12.1. The van der Waals surface area contributed by atoms with Gasteiger partial charge in [0.2, 0.25) is 0 Å². The number of esters is 1. The van der Waals surface area contributed by atoms with Crippen molar-refractivity contribution in [2.75, 3.05) is 6.61 Å². The quantitative estimate of drug-likeness (QED) is 0.392. The number of hydrogen-bond donors (Lipinski definition) is 0. The van der Waals surface area contributed by atoms with Gasteiger partial charge in [0.05, 0.1) is 6.61 Å². The van der Waals surface area contributed by atoms with Crippen LogP contribution in [0.1, 0.15) is 79.1 Å². The molecule has 0 saturated heterocycles. The van der Waals surface area contributed by atoms with Crippen LogP contribution in [0, 0.1) is 33.5 Å². The summed E-state index contributed by atoms with van der Waals surface area (Å²) in [5.41, 5.74) is 1.21. The van der Waals surface area contributed by atoms with Crippen LogP contribution in [0.5, 0.6) is 0 Å². The number of ketones is 1. The molecular weight excluding hydrogens is 324 g/mol. The minimum Gasteiger partial charge on any atom is -0.465 e. The van der Waals surface area contributed by atoms with E-state index >= 15 is 0 Å². The summed E-state index contributed by atoms with van der Waals surface area (Å²) in [4.78, 5) is 25.8. The molecule has 144 valence electrons. The highest BCUT2D eigenvalue weighted by atomic mass is 16.5. The van der Waals surface area contributed by atoms with E-state index in [1.165, 1.54) is 24.8 Å². The topological polar surface area (TPSA) is 43.4 Å². The van der Waals surface area contributed by atoms with Crippen LogP contribution in [0.3, 0.4) is 0 Å². The molecule has 1 spiro atoms.